The summed E-state index contributed by atoms with van der Waals surface area (Å²) in [6, 6.07) is 3.69. The number of aromatic nitrogens is 4. The first-order valence-electron chi connectivity index (χ1n) is 8.84. The van der Waals surface area contributed by atoms with Gasteiger partial charge in [0.05, 0.1) is 12.1 Å². The molecular weight excluding hydrogens is 362 g/mol. The number of rotatable bonds is 5. The topological polar surface area (TPSA) is 98.8 Å². The average Bonchev–Trinajstić information content (AvgIpc) is 2.92. The van der Waals surface area contributed by atoms with Gasteiger partial charge in [-0.15, -0.1) is 0 Å². The van der Waals surface area contributed by atoms with Crippen LogP contribution < -0.4 is 10.1 Å². The van der Waals surface area contributed by atoms with Crippen molar-refractivity contribution in [3.8, 4) is 5.75 Å². The minimum atomic E-state index is -1.25. The number of nitrogens with one attached hydrogen (secondary N) is 2. The van der Waals surface area contributed by atoms with Crippen LogP contribution in [0.2, 0.25) is 0 Å². The van der Waals surface area contributed by atoms with Crippen LogP contribution in [0, 0.1) is 13.8 Å². The molecule has 2 heterocycles. The second-order valence-corrected chi connectivity index (χ2v) is 9.50. The quantitative estimate of drug-likeness (QED) is 0.642. The molecule has 3 rings (SSSR count). The van der Waals surface area contributed by atoms with E-state index in [4.69, 9.17) is 4.74 Å². The van der Waals surface area contributed by atoms with Gasteiger partial charge in [-0.25, -0.2) is 9.97 Å². The molecule has 1 aromatic carbocycles. The predicted octanol–water partition coefficient (Wildman–Crippen LogP) is 4.02. The Labute approximate surface area is 162 Å². The summed E-state index contributed by atoms with van der Waals surface area (Å²) >= 11 is -1.25. The molecule has 7 nitrogen and oxygen atoms in total. The lowest BCUT2D eigenvalue weighted by Crippen LogP contribution is -2.28. The molecule has 0 fully saturated rings. The Morgan fingerprint density at radius 2 is 1.93 bits per heavy atom. The van der Waals surface area contributed by atoms with Crippen LogP contribution in [0.4, 0.5) is 11.6 Å². The Hall–Kier alpha value is -2.32. The van der Waals surface area contributed by atoms with Crippen LogP contribution in [-0.4, -0.2) is 36.1 Å². The number of fused-ring (bicyclic) bond motifs is 1. The maximum absolute atomic E-state index is 13.1. The second kappa shape index (κ2) is 7.36. The zero-order chi connectivity index (χ0) is 19.8. The van der Waals surface area contributed by atoms with Gasteiger partial charge in [0, 0.05) is 28.8 Å². The Kier molecular flexibility index (Phi) is 5.30. The summed E-state index contributed by atoms with van der Waals surface area (Å²) in [5.41, 5.74) is 2.73. The van der Waals surface area contributed by atoms with E-state index in [1.165, 1.54) is 6.33 Å². The molecule has 0 saturated heterocycles. The number of aryl methyl sites for hydroxylation is 1. The maximum Gasteiger partial charge on any atom is 0.195 e. The highest BCUT2D eigenvalue weighted by molar-refractivity contribution is 7.92. The van der Waals surface area contributed by atoms with E-state index >= 15 is 0 Å². The van der Waals surface area contributed by atoms with E-state index in [2.05, 4.69) is 25.5 Å². The van der Waals surface area contributed by atoms with Crippen molar-refractivity contribution in [2.24, 2.45) is 0 Å². The highest BCUT2D eigenvalue weighted by atomic mass is 32.2. The third-order valence-corrected chi connectivity index (χ3v) is 6.08. The molecule has 3 aromatic rings. The standard InChI is InChI=1S/C19H25N5O2S/c1-7-26-15-9-14-13(8-16(15)27(25)19(4,5)6)18(21-10-20-14)22-17-11(2)12(3)23-24-17/h8-10H,7H2,1-6H3,(H2,20,21,22,23,24). The van der Waals surface area contributed by atoms with Gasteiger partial charge in [0.15, 0.2) is 16.5 Å². The molecule has 0 aliphatic carbocycles. The smallest absolute Gasteiger partial charge is 0.195 e. The lowest BCUT2D eigenvalue weighted by Gasteiger charge is -2.25. The number of nitrogens with zero attached hydrogens (tertiary/aromatic N) is 3. The number of hydrogen-bond donors (Lipinski definition) is 2. The van der Waals surface area contributed by atoms with Crippen LogP contribution in [0.25, 0.3) is 10.9 Å². The molecule has 0 aliphatic heterocycles. The number of ether oxygens (including phenoxy) is 1. The van der Waals surface area contributed by atoms with Crippen molar-refractivity contribution < 1.29 is 9.29 Å². The molecule has 2 aromatic heterocycles. The van der Waals surface area contributed by atoms with Gasteiger partial charge < -0.3 is 14.6 Å². The lowest BCUT2D eigenvalue weighted by atomic mass is 10.2. The molecule has 144 valence electrons. The first-order chi connectivity index (χ1) is 12.7. The Bertz CT molecular complexity index is 965. The Balaban J connectivity index is 2.15. The van der Waals surface area contributed by atoms with E-state index in [0.717, 1.165) is 22.2 Å². The van der Waals surface area contributed by atoms with Crippen LogP contribution >= 0.6 is 0 Å². The number of aromatic amines is 1. The van der Waals surface area contributed by atoms with E-state index < -0.39 is 15.9 Å². The van der Waals surface area contributed by atoms with Gasteiger partial charge in [0.2, 0.25) is 0 Å². The summed E-state index contributed by atoms with van der Waals surface area (Å²) in [7, 11) is 0. The summed E-state index contributed by atoms with van der Waals surface area (Å²) in [4.78, 5) is 9.38. The highest BCUT2D eigenvalue weighted by Crippen LogP contribution is 2.37. The second-order valence-electron chi connectivity index (χ2n) is 7.30. The van der Waals surface area contributed by atoms with E-state index in [1.54, 1.807) is 0 Å². The Morgan fingerprint density at radius 1 is 1.19 bits per heavy atom. The van der Waals surface area contributed by atoms with Crippen LogP contribution in [0.3, 0.4) is 0 Å². The molecule has 0 radical (unpaired) electrons. The first kappa shape index (κ1) is 19.4. The van der Waals surface area contributed by atoms with Crippen LogP contribution in [0.5, 0.6) is 5.75 Å². The minimum Gasteiger partial charge on any atom is -0.611 e. The number of hydrogen-bond acceptors (Lipinski definition) is 6. The summed E-state index contributed by atoms with van der Waals surface area (Å²) in [5.74, 6) is 1.92. The van der Waals surface area contributed by atoms with Gasteiger partial charge in [-0.2, -0.15) is 5.10 Å². The highest BCUT2D eigenvalue weighted by Gasteiger charge is 2.32. The van der Waals surface area contributed by atoms with E-state index in [9.17, 15) is 4.55 Å². The molecule has 27 heavy (non-hydrogen) atoms. The van der Waals surface area contributed by atoms with Gasteiger partial charge in [-0.3, -0.25) is 5.10 Å². The molecule has 8 heteroatoms. The summed E-state index contributed by atoms with van der Waals surface area (Å²) in [6.07, 6.45) is 1.50. The van der Waals surface area contributed by atoms with Crippen molar-refractivity contribution in [2.75, 3.05) is 11.9 Å². The van der Waals surface area contributed by atoms with Crippen molar-refractivity contribution in [2.45, 2.75) is 51.2 Å². The normalized spacial score (nSPS) is 13.0. The van der Waals surface area contributed by atoms with Gasteiger partial charge in [0.25, 0.3) is 0 Å². The fraction of sp³-hybridized carbons (Fsp3) is 0.421. The zero-order valence-electron chi connectivity index (χ0n) is 16.5. The van der Waals surface area contributed by atoms with Gasteiger partial charge in [-0.05, 0) is 52.7 Å². The zero-order valence-corrected chi connectivity index (χ0v) is 17.3. The molecule has 0 aliphatic rings. The fourth-order valence-corrected chi connectivity index (χ4v) is 3.81. The van der Waals surface area contributed by atoms with Gasteiger partial charge in [-0.1, -0.05) is 0 Å². The summed E-state index contributed by atoms with van der Waals surface area (Å²) in [5, 5.41) is 11.3. The van der Waals surface area contributed by atoms with Crippen molar-refractivity contribution in [1.82, 2.24) is 20.2 Å². The van der Waals surface area contributed by atoms with Crippen molar-refractivity contribution in [1.29, 1.82) is 0 Å². The predicted molar refractivity (Wildman–Crippen MR) is 108 cm³/mol. The third kappa shape index (κ3) is 3.86. The number of anilines is 2. The van der Waals surface area contributed by atoms with Crippen LogP contribution in [0.15, 0.2) is 23.4 Å². The summed E-state index contributed by atoms with van der Waals surface area (Å²) < 4.78 is 18.4. The molecule has 0 amide bonds. The van der Waals surface area contributed by atoms with Gasteiger partial charge >= 0.3 is 0 Å². The van der Waals surface area contributed by atoms with Crippen molar-refractivity contribution in [3.63, 3.8) is 0 Å². The largest absolute Gasteiger partial charge is 0.611 e. The molecule has 1 atom stereocenters. The number of H-pyrrole nitrogens is 1. The van der Waals surface area contributed by atoms with Crippen molar-refractivity contribution in [3.05, 3.63) is 29.7 Å². The molecule has 0 saturated carbocycles. The first-order valence-corrected chi connectivity index (χ1v) is 9.99. The number of benzene rings is 1. The SMILES string of the molecule is CCOc1cc2ncnc(Nc3n[nH]c(C)c3C)c2cc1[S+]([O-])C(C)(C)C. The molecule has 0 bridgehead atoms. The molecule has 1 unspecified atom stereocenters. The van der Waals surface area contributed by atoms with Gasteiger partial charge in [0.1, 0.15) is 16.9 Å². The third-order valence-electron chi connectivity index (χ3n) is 4.25. The molecule has 2 N–H and O–H groups in total. The fourth-order valence-electron chi connectivity index (χ4n) is 2.63. The minimum absolute atomic E-state index is 0.418. The average molecular weight is 388 g/mol. The monoisotopic (exact) mass is 387 g/mol. The summed E-state index contributed by atoms with van der Waals surface area (Å²) in [6.45, 7) is 12.2. The van der Waals surface area contributed by atoms with Crippen molar-refractivity contribution >= 4 is 33.7 Å². The van der Waals surface area contributed by atoms with Crippen LogP contribution in [0.1, 0.15) is 39.0 Å². The van der Waals surface area contributed by atoms with E-state index in [0.29, 0.717) is 28.9 Å². The van der Waals surface area contributed by atoms with E-state index in [-0.39, 0.29) is 0 Å². The lowest BCUT2D eigenvalue weighted by molar-refractivity contribution is 0.331. The Morgan fingerprint density at radius 3 is 2.52 bits per heavy atom. The molecular formula is C19H25N5O2S. The maximum atomic E-state index is 13.1. The van der Waals surface area contributed by atoms with Crippen LogP contribution in [-0.2, 0) is 11.2 Å². The molecule has 0 spiro atoms. The van der Waals surface area contributed by atoms with E-state index in [1.807, 2.05) is 53.7 Å².